The van der Waals surface area contributed by atoms with Crippen LogP contribution in [0.2, 0.25) is 0 Å². The van der Waals surface area contributed by atoms with Crippen molar-refractivity contribution in [1.29, 1.82) is 0 Å². The van der Waals surface area contributed by atoms with E-state index >= 15 is 0 Å². The van der Waals surface area contributed by atoms with Crippen molar-refractivity contribution in [1.82, 2.24) is 9.88 Å². The maximum absolute atomic E-state index is 12.5. The van der Waals surface area contributed by atoms with Crippen molar-refractivity contribution in [3.63, 3.8) is 0 Å². The third-order valence-electron chi connectivity index (χ3n) is 3.64. The van der Waals surface area contributed by atoms with E-state index in [0.29, 0.717) is 10.7 Å². The van der Waals surface area contributed by atoms with Gasteiger partial charge in [-0.05, 0) is 51.8 Å². The van der Waals surface area contributed by atoms with Crippen LogP contribution in [0.4, 0.5) is 9.93 Å². The molecule has 0 radical (unpaired) electrons. The highest BCUT2D eigenvalue weighted by molar-refractivity contribution is 7.22. The van der Waals surface area contributed by atoms with Crippen LogP contribution in [0.5, 0.6) is 0 Å². The first kappa shape index (κ1) is 16.7. The average Bonchev–Trinajstić information content (AvgIpc) is 3.12. The Kier molecular flexibility index (Phi) is 4.45. The smallest absolute Gasteiger partial charge is 0.413 e. The summed E-state index contributed by atoms with van der Waals surface area (Å²) in [6, 6.07) is 5.45. The molecule has 128 valence electrons. The summed E-state index contributed by atoms with van der Waals surface area (Å²) in [5.74, 6) is 0.0597. The van der Waals surface area contributed by atoms with Crippen LogP contribution in [0, 0.1) is 0 Å². The molecule has 2 heterocycles. The van der Waals surface area contributed by atoms with Gasteiger partial charge in [0.05, 0.1) is 10.2 Å². The zero-order chi connectivity index (χ0) is 17.3. The van der Waals surface area contributed by atoms with Crippen LogP contribution >= 0.6 is 11.3 Å². The Bertz CT molecular complexity index is 773. The number of aromatic nitrogens is 1. The molecule has 1 aromatic heterocycles. The molecule has 24 heavy (non-hydrogen) atoms. The molecule has 0 spiro atoms. The molecule has 0 aliphatic carbocycles. The molecule has 0 saturated carbocycles. The van der Waals surface area contributed by atoms with E-state index in [1.54, 1.807) is 26.8 Å². The van der Waals surface area contributed by atoms with Gasteiger partial charge in [0.1, 0.15) is 5.60 Å². The Morgan fingerprint density at radius 3 is 2.62 bits per heavy atom. The number of likely N-dealkylation sites (tertiary alicyclic amines) is 1. The molecule has 0 atom stereocenters. The predicted octanol–water partition coefficient (Wildman–Crippen LogP) is 3.88. The Morgan fingerprint density at radius 1 is 1.25 bits per heavy atom. The van der Waals surface area contributed by atoms with Crippen LogP contribution in [-0.2, 0) is 4.74 Å². The average molecular weight is 347 g/mol. The SMILES string of the molecule is CC(C)(C)OC(=O)Nc1nc2ccc(C(=O)N3CCCC3)cc2s1. The van der Waals surface area contributed by atoms with Crippen LogP contribution in [0.3, 0.4) is 0 Å². The normalized spacial score (nSPS) is 14.9. The first-order valence-corrected chi connectivity index (χ1v) is 8.83. The van der Waals surface area contributed by atoms with E-state index in [1.165, 1.54) is 11.3 Å². The van der Waals surface area contributed by atoms with E-state index in [0.717, 1.165) is 36.1 Å². The predicted molar refractivity (Wildman–Crippen MR) is 94.6 cm³/mol. The van der Waals surface area contributed by atoms with Gasteiger partial charge in [-0.3, -0.25) is 10.1 Å². The second-order valence-corrected chi connectivity index (χ2v) is 7.86. The molecule has 1 saturated heterocycles. The molecule has 7 heteroatoms. The van der Waals surface area contributed by atoms with Crippen LogP contribution in [0.1, 0.15) is 44.0 Å². The molecule has 2 aromatic rings. The van der Waals surface area contributed by atoms with Gasteiger partial charge in [0.25, 0.3) is 5.91 Å². The number of ether oxygens (including phenoxy) is 1. The largest absolute Gasteiger partial charge is 0.444 e. The number of carbonyl (C=O) groups excluding carboxylic acids is 2. The Balaban J connectivity index is 1.76. The number of hydrogen-bond donors (Lipinski definition) is 1. The number of thiazole rings is 1. The number of nitrogens with one attached hydrogen (secondary N) is 1. The van der Waals surface area contributed by atoms with Crippen molar-refractivity contribution in [2.75, 3.05) is 18.4 Å². The maximum Gasteiger partial charge on any atom is 0.413 e. The van der Waals surface area contributed by atoms with Gasteiger partial charge in [-0.2, -0.15) is 0 Å². The summed E-state index contributed by atoms with van der Waals surface area (Å²) in [6.45, 7) is 7.07. The van der Waals surface area contributed by atoms with Crippen molar-refractivity contribution < 1.29 is 14.3 Å². The van der Waals surface area contributed by atoms with E-state index in [1.807, 2.05) is 17.0 Å². The van der Waals surface area contributed by atoms with Gasteiger partial charge >= 0.3 is 6.09 Å². The zero-order valence-electron chi connectivity index (χ0n) is 14.1. The van der Waals surface area contributed by atoms with Gasteiger partial charge in [0.15, 0.2) is 5.13 Å². The Hall–Kier alpha value is -2.15. The molecule has 3 rings (SSSR count). The van der Waals surface area contributed by atoms with Crippen LogP contribution in [-0.4, -0.2) is 40.6 Å². The maximum atomic E-state index is 12.5. The summed E-state index contributed by atoms with van der Waals surface area (Å²) in [5, 5.41) is 3.11. The lowest BCUT2D eigenvalue weighted by Gasteiger charge is -2.18. The third-order valence-corrected chi connectivity index (χ3v) is 4.57. The van der Waals surface area contributed by atoms with Crippen LogP contribution in [0.15, 0.2) is 18.2 Å². The summed E-state index contributed by atoms with van der Waals surface area (Å²) in [6.07, 6.45) is 1.60. The second kappa shape index (κ2) is 6.39. The molecule has 1 aromatic carbocycles. The van der Waals surface area contributed by atoms with Crippen LogP contribution < -0.4 is 5.32 Å². The van der Waals surface area contributed by atoms with Crippen LogP contribution in [0.25, 0.3) is 10.2 Å². The first-order chi connectivity index (χ1) is 11.3. The number of nitrogens with zero attached hydrogens (tertiary/aromatic N) is 2. The molecule has 1 N–H and O–H groups in total. The fourth-order valence-corrected chi connectivity index (χ4v) is 3.50. The molecule has 0 bridgehead atoms. The second-order valence-electron chi connectivity index (χ2n) is 6.83. The topological polar surface area (TPSA) is 71.5 Å². The lowest BCUT2D eigenvalue weighted by Crippen LogP contribution is -2.27. The van der Waals surface area contributed by atoms with E-state index in [-0.39, 0.29) is 5.91 Å². The minimum atomic E-state index is -0.559. The first-order valence-electron chi connectivity index (χ1n) is 8.02. The molecule has 1 aliphatic heterocycles. The summed E-state index contributed by atoms with van der Waals surface area (Å²) in [4.78, 5) is 30.5. The standard InChI is InChI=1S/C17H21N3O3S/c1-17(2,3)23-16(22)19-15-18-12-7-6-11(10-13(12)24-15)14(21)20-8-4-5-9-20/h6-7,10H,4-5,8-9H2,1-3H3,(H,18,19,22). The lowest BCUT2D eigenvalue weighted by molar-refractivity contribution is 0.0635. The van der Waals surface area contributed by atoms with Crippen molar-refractivity contribution in [3.8, 4) is 0 Å². The number of fused-ring (bicyclic) bond motifs is 1. The van der Waals surface area contributed by atoms with Crippen molar-refractivity contribution in [3.05, 3.63) is 23.8 Å². The minimum absolute atomic E-state index is 0.0597. The zero-order valence-corrected chi connectivity index (χ0v) is 14.9. The van der Waals surface area contributed by atoms with Crippen molar-refractivity contribution >= 4 is 38.7 Å². The van der Waals surface area contributed by atoms with Gasteiger partial charge in [-0.25, -0.2) is 9.78 Å². The highest BCUT2D eigenvalue weighted by Crippen LogP contribution is 2.28. The highest BCUT2D eigenvalue weighted by Gasteiger charge is 2.21. The van der Waals surface area contributed by atoms with Gasteiger partial charge < -0.3 is 9.64 Å². The van der Waals surface area contributed by atoms with Gasteiger partial charge in [0.2, 0.25) is 0 Å². The Morgan fingerprint density at radius 2 is 1.96 bits per heavy atom. The molecule has 1 fully saturated rings. The lowest BCUT2D eigenvalue weighted by atomic mass is 10.2. The molecule has 1 aliphatic rings. The highest BCUT2D eigenvalue weighted by atomic mass is 32.1. The van der Waals surface area contributed by atoms with Gasteiger partial charge in [-0.15, -0.1) is 0 Å². The van der Waals surface area contributed by atoms with Gasteiger partial charge in [0, 0.05) is 18.7 Å². The van der Waals surface area contributed by atoms with Gasteiger partial charge in [-0.1, -0.05) is 11.3 Å². The van der Waals surface area contributed by atoms with E-state index in [9.17, 15) is 9.59 Å². The fourth-order valence-electron chi connectivity index (χ4n) is 2.60. The number of rotatable bonds is 2. The Labute approximate surface area is 144 Å². The number of anilines is 1. The molecule has 0 unspecified atom stereocenters. The van der Waals surface area contributed by atoms with E-state index in [4.69, 9.17) is 4.74 Å². The quantitative estimate of drug-likeness (QED) is 0.895. The molecular weight excluding hydrogens is 326 g/mol. The molecule has 2 amide bonds. The number of carbonyl (C=O) groups is 2. The minimum Gasteiger partial charge on any atom is -0.444 e. The molecule has 6 nitrogen and oxygen atoms in total. The summed E-state index contributed by atoms with van der Waals surface area (Å²) >= 11 is 1.33. The number of benzene rings is 1. The fraction of sp³-hybridized carbons (Fsp3) is 0.471. The summed E-state index contributed by atoms with van der Waals surface area (Å²) in [7, 11) is 0. The number of hydrogen-bond acceptors (Lipinski definition) is 5. The monoisotopic (exact) mass is 347 g/mol. The summed E-state index contributed by atoms with van der Waals surface area (Å²) in [5.41, 5.74) is 0.858. The molecular formula is C17H21N3O3S. The third kappa shape index (κ3) is 3.84. The van der Waals surface area contributed by atoms with E-state index in [2.05, 4.69) is 10.3 Å². The van der Waals surface area contributed by atoms with Crippen molar-refractivity contribution in [2.45, 2.75) is 39.2 Å². The van der Waals surface area contributed by atoms with E-state index < -0.39 is 11.7 Å². The number of amides is 2. The van der Waals surface area contributed by atoms with Crippen molar-refractivity contribution in [2.24, 2.45) is 0 Å². The summed E-state index contributed by atoms with van der Waals surface area (Å²) < 4.78 is 6.09.